The normalized spacial score (nSPS) is 12.4. The number of pyridine rings is 1. The van der Waals surface area contributed by atoms with Crippen LogP contribution in [0.5, 0.6) is 0 Å². The zero-order chi connectivity index (χ0) is 16.1. The molecule has 0 aliphatic rings. The molecule has 0 bridgehead atoms. The maximum Gasteiger partial charge on any atom is 0.390 e. The van der Waals surface area contributed by atoms with Crippen LogP contribution in [-0.4, -0.2) is 32.7 Å². The van der Waals surface area contributed by atoms with E-state index in [0.29, 0.717) is 12.4 Å². The van der Waals surface area contributed by atoms with Crippen LogP contribution in [0.1, 0.15) is 19.8 Å². The number of halogens is 4. The molecule has 0 amide bonds. The summed E-state index contributed by atoms with van der Waals surface area (Å²) in [5.74, 6) is 0.327. The summed E-state index contributed by atoms with van der Waals surface area (Å²) in [6.45, 7) is 1.81. The van der Waals surface area contributed by atoms with Crippen LogP contribution in [0.2, 0.25) is 5.02 Å². The van der Waals surface area contributed by atoms with Gasteiger partial charge in [0.25, 0.3) is 0 Å². The fourth-order valence-corrected chi connectivity index (χ4v) is 2.65. The number of aromatic nitrogens is 1. The molecule has 0 aliphatic carbocycles. The van der Waals surface area contributed by atoms with Crippen molar-refractivity contribution in [1.82, 2.24) is 9.71 Å². The Kier molecular flexibility index (Phi) is 6.24. The fraction of sp³-hybridized carbons (Fsp3) is 0.545. The summed E-state index contributed by atoms with van der Waals surface area (Å²) >= 11 is 5.88. The van der Waals surface area contributed by atoms with Gasteiger partial charge in [0.2, 0.25) is 10.0 Å². The molecule has 0 spiro atoms. The van der Waals surface area contributed by atoms with E-state index in [2.05, 4.69) is 10.3 Å². The molecule has 0 fully saturated rings. The van der Waals surface area contributed by atoms with Crippen LogP contribution >= 0.6 is 11.6 Å². The summed E-state index contributed by atoms with van der Waals surface area (Å²) in [4.78, 5) is 3.57. The lowest BCUT2D eigenvalue weighted by atomic mass is 10.4. The highest BCUT2D eigenvalue weighted by atomic mass is 35.5. The fourth-order valence-electron chi connectivity index (χ4n) is 1.35. The molecule has 0 aromatic carbocycles. The number of nitrogens with one attached hydrogen (secondary N) is 2. The van der Waals surface area contributed by atoms with Crippen molar-refractivity contribution in [1.29, 1.82) is 0 Å². The van der Waals surface area contributed by atoms with Gasteiger partial charge < -0.3 is 5.32 Å². The van der Waals surface area contributed by atoms with E-state index in [4.69, 9.17) is 11.6 Å². The van der Waals surface area contributed by atoms with Crippen molar-refractivity contribution in [3.63, 3.8) is 0 Å². The van der Waals surface area contributed by atoms with E-state index in [1.54, 1.807) is 0 Å². The minimum absolute atomic E-state index is 0.0853. The van der Waals surface area contributed by atoms with E-state index >= 15 is 0 Å². The lowest BCUT2D eigenvalue weighted by Crippen LogP contribution is -2.28. The van der Waals surface area contributed by atoms with Crippen LogP contribution in [0.4, 0.5) is 19.0 Å². The molecule has 2 N–H and O–H groups in total. The molecular weight excluding hydrogens is 331 g/mol. The Morgan fingerprint density at radius 3 is 2.52 bits per heavy atom. The first-order chi connectivity index (χ1) is 9.65. The second-order valence-corrected chi connectivity index (χ2v) is 6.37. The highest BCUT2D eigenvalue weighted by molar-refractivity contribution is 7.89. The van der Waals surface area contributed by atoms with Gasteiger partial charge in [-0.05, 0) is 12.5 Å². The van der Waals surface area contributed by atoms with Gasteiger partial charge in [-0.25, -0.2) is 18.1 Å². The van der Waals surface area contributed by atoms with Gasteiger partial charge in [0.15, 0.2) is 0 Å². The van der Waals surface area contributed by atoms with Crippen molar-refractivity contribution in [2.45, 2.75) is 30.8 Å². The van der Waals surface area contributed by atoms with Gasteiger partial charge in [0, 0.05) is 19.3 Å². The molecule has 0 unspecified atom stereocenters. The molecule has 1 aromatic heterocycles. The van der Waals surface area contributed by atoms with Gasteiger partial charge in [0.05, 0.1) is 11.4 Å². The highest BCUT2D eigenvalue weighted by Crippen LogP contribution is 2.23. The molecule has 0 aliphatic heterocycles. The summed E-state index contributed by atoms with van der Waals surface area (Å²) in [7, 11) is -4.07. The Balaban J connectivity index is 2.77. The van der Waals surface area contributed by atoms with Crippen molar-refractivity contribution in [2.24, 2.45) is 0 Å². The maximum absolute atomic E-state index is 12.0. The van der Waals surface area contributed by atoms with Gasteiger partial charge in [-0.15, -0.1) is 0 Å². The quantitative estimate of drug-likeness (QED) is 0.797. The molecule has 1 rings (SSSR count). The van der Waals surface area contributed by atoms with Gasteiger partial charge in [0.1, 0.15) is 10.7 Å². The zero-order valence-corrected chi connectivity index (χ0v) is 12.7. The van der Waals surface area contributed by atoms with Gasteiger partial charge in [-0.1, -0.05) is 18.5 Å². The first kappa shape index (κ1) is 18.0. The Morgan fingerprint density at radius 1 is 1.33 bits per heavy atom. The van der Waals surface area contributed by atoms with Crippen molar-refractivity contribution in [3.8, 4) is 0 Å². The zero-order valence-electron chi connectivity index (χ0n) is 11.2. The predicted octanol–water partition coefficient (Wildman–Crippen LogP) is 2.79. The van der Waals surface area contributed by atoms with E-state index in [0.717, 1.165) is 18.7 Å². The standard InChI is InChI=1S/C11H15ClF3N3O2S/c1-2-4-16-10-9(12)6-8(7-17-10)21(19,20)18-5-3-11(13,14)15/h6-7,18H,2-5H2,1H3,(H,16,17). The Hall–Kier alpha value is -1.06. The van der Waals surface area contributed by atoms with Crippen LogP contribution in [0.25, 0.3) is 0 Å². The van der Waals surface area contributed by atoms with Crippen molar-refractivity contribution < 1.29 is 21.6 Å². The molecule has 10 heteroatoms. The van der Waals surface area contributed by atoms with E-state index in [9.17, 15) is 21.6 Å². The van der Waals surface area contributed by atoms with Crippen LogP contribution < -0.4 is 10.0 Å². The summed E-state index contributed by atoms with van der Waals surface area (Å²) in [5.41, 5.74) is 0. The summed E-state index contributed by atoms with van der Waals surface area (Å²) < 4.78 is 61.4. The minimum Gasteiger partial charge on any atom is -0.369 e. The van der Waals surface area contributed by atoms with Crippen LogP contribution in [-0.2, 0) is 10.0 Å². The maximum atomic E-state index is 12.0. The highest BCUT2D eigenvalue weighted by Gasteiger charge is 2.27. The summed E-state index contributed by atoms with van der Waals surface area (Å²) in [6, 6.07) is 1.14. The monoisotopic (exact) mass is 345 g/mol. The number of hydrogen-bond donors (Lipinski definition) is 2. The second kappa shape index (κ2) is 7.28. The van der Waals surface area contributed by atoms with Crippen molar-refractivity contribution in [2.75, 3.05) is 18.4 Å². The first-order valence-corrected chi connectivity index (χ1v) is 7.97. The first-order valence-electron chi connectivity index (χ1n) is 6.11. The van der Waals surface area contributed by atoms with Gasteiger partial charge in [-0.3, -0.25) is 0 Å². The molecule has 21 heavy (non-hydrogen) atoms. The molecule has 120 valence electrons. The number of anilines is 1. The minimum atomic E-state index is -4.42. The summed E-state index contributed by atoms with van der Waals surface area (Å²) in [6.07, 6.45) is -3.80. The van der Waals surface area contributed by atoms with Crippen molar-refractivity contribution in [3.05, 3.63) is 17.3 Å². The second-order valence-electron chi connectivity index (χ2n) is 4.19. The number of hydrogen-bond acceptors (Lipinski definition) is 4. The largest absolute Gasteiger partial charge is 0.390 e. The third kappa shape index (κ3) is 6.06. The molecule has 0 saturated heterocycles. The Labute approximate surface area is 126 Å². The molecule has 1 heterocycles. The number of rotatable bonds is 7. The van der Waals surface area contributed by atoms with Crippen LogP contribution in [0.15, 0.2) is 17.2 Å². The van der Waals surface area contributed by atoms with Crippen molar-refractivity contribution >= 4 is 27.4 Å². The number of sulfonamides is 1. The lowest BCUT2D eigenvalue weighted by molar-refractivity contribution is -0.132. The molecule has 0 atom stereocenters. The third-order valence-corrected chi connectivity index (χ3v) is 4.09. The van der Waals surface area contributed by atoms with Gasteiger partial charge >= 0.3 is 6.18 Å². The third-order valence-electron chi connectivity index (χ3n) is 2.37. The van der Waals surface area contributed by atoms with Gasteiger partial charge in [-0.2, -0.15) is 13.2 Å². The average Bonchev–Trinajstić information content (AvgIpc) is 2.35. The Morgan fingerprint density at radius 2 is 2.00 bits per heavy atom. The molecular formula is C11H15ClF3N3O2S. The summed E-state index contributed by atoms with van der Waals surface area (Å²) in [5, 5.41) is 2.98. The van der Waals surface area contributed by atoms with Crippen LogP contribution in [0.3, 0.4) is 0 Å². The van der Waals surface area contributed by atoms with E-state index < -0.39 is 29.2 Å². The average molecular weight is 346 g/mol. The smallest absolute Gasteiger partial charge is 0.369 e. The molecule has 1 aromatic rings. The SMILES string of the molecule is CCCNc1ncc(S(=O)(=O)NCCC(F)(F)F)cc1Cl. The molecule has 0 saturated carbocycles. The molecule has 5 nitrogen and oxygen atoms in total. The number of alkyl halides is 3. The predicted molar refractivity (Wildman–Crippen MR) is 73.9 cm³/mol. The number of nitrogens with zero attached hydrogens (tertiary/aromatic N) is 1. The van der Waals surface area contributed by atoms with E-state index in [1.165, 1.54) is 0 Å². The van der Waals surface area contributed by atoms with E-state index in [-0.39, 0.29) is 9.92 Å². The molecule has 0 radical (unpaired) electrons. The topological polar surface area (TPSA) is 71.1 Å². The Bertz CT molecular complexity index is 579. The van der Waals surface area contributed by atoms with Crippen LogP contribution in [0, 0.1) is 0 Å². The lowest BCUT2D eigenvalue weighted by Gasteiger charge is -2.10. The van der Waals surface area contributed by atoms with E-state index in [1.807, 2.05) is 11.6 Å².